The Hall–Kier alpha value is -1.64. The van der Waals surface area contributed by atoms with Gasteiger partial charge in [-0.15, -0.1) is 0 Å². The van der Waals surface area contributed by atoms with E-state index in [0.29, 0.717) is 0 Å². The molecule has 0 aliphatic rings. The Kier molecular flexibility index (Phi) is 3.85. The summed E-state index contributed by atoms with van der Waals surface area (Å²) < 4.78 is 0. The van der Waals surface area contributed by atoms with Crippen LogP contribution in [-0.2, 0) is 0 Å². The maximum Gasteiger partial charge on any atom is 0.155 e. The molecular formula is C11H15N3. The molecule has 2 rings (SSSR count). The van der Waals surface area contributed by atoms with Gasteiger partial charge in [-0.25, -0.2) is 4.98 Å². The van der Waals surface area contributed by atoms with E-state index in [2.05, 4.69) is 15.0 Å². The minimum absolute atomic E-state index is 0.818. The summed E-state index contributed by atoms with van der Waals surface area (Å²) in [5, 5.41) is 0. The summed E-state index contributed by atoms with van der Waals surface area (Å²) in [5.41, 5.74) is 2.08. The quantitative estimate of drug-likeness (QED) is 0.749. The lowest BCUT2D eigenvalue weighted by Crippen LogP contribution is -1.85. The standard InChI is InChI=1S/C9H9N3.C2H6/c1-7-2-3-10-8(6-7)9-11-4-5-12-9;1-2/h2-6H,1H3,(H,11,12);1-2H3. The van der Waals surface area contributed by atoms with Crippen molar-refractivity contribution in [2.45, 2.75) is 20.8 Å². The van der Waals surface area contributed by atoms with Crippen molar-refractivity contribution in [2.75, 3.05) is 0 Å². The van der Waals surface area contributed by atoms with Gasteiger partial charge >= 0.3 is 0 Å². The molecule has 2 aromatic heterocycles. The topological polar surface area (TPSA) is 41.6 Å². The molecule has 3 heteroatoms. The van der Waals surface area contributed by atoms with Crippen molar-refractivity contribution in [3.63, 3.8) is 0 Å². The largest absolute Gasteiger partial charge is 0.343 e. The number of pyridine rings is 1. The lowest BCUT2D eigenvalue weighted by atomic mass is 10.2. The van der Waals surface area contributed by atoms with Crippen molar-refractivity contribution in [3.05, 3.63) is 36.3 Å². The zero-order chi connectivity index (χ0) is 10.4. The molecule has 0 bridgehead atoms. The van der Waals surface area contributed by atoms with E-state index < -0.39 is 0 Å². The Labute approximate surface area is 84.2 Å². The second-order valence-corrected chi connectivity index (χ2v) is 2.66. The normalized spacial score (nSPS) is 9.07. The van der Waals surface area contributed by atoms with Gasteiger partial charge in [-0.3, -0.25) is 4.98 Å². The number of aromatic nitrogens is 3. The first-order chi connectivity index (χ1) is 6.86. The van der Waals surface area contributed by atoms with Crippen LogP contribution in [-0.4, -0.2) is 15.0 Å². The van der Waals surface area contributed by atoms with E-state index in [0.717, 1.165) is 11.5 Å². The lowest BCUT2D eigenvalue weighted by molar-refractivity contribution is 1.21. The Morgan fingerprint density at radius 1 is 1.14 bits per heavy atom. The molecule has 0 aromatic carbocycles. The average Bonchev–Trinajstić information content (AvgIpc) is 2.74. The van der Waals surface area contributed by atoms with Crippen LogP contribution in [0.5, 0.6) is 0 Å². The van der Waals surface area contributed by atoms with Gasteiger partial charge in [-0.2, -0.15) is 0 Å². The van der Waals surface area contributed by atoms with Gasteiger partial charge in [-0.1, -0.05) is 13.8 Å². The van der Waals surface area contributed by atoms with Crippen LogP contribution in [0.2, 0.25) is 0 Å². The van der Waals surface area contributed by atoms with Crippen LogP contribution in [0.1, 0.15) is 19.4 Å². The number of hydrogen-bond donors (Lipinski definition) is 1. The summed E-state index contributed by atoms with van der Waals surface area (Å²) in [6.45, 7) is 6.04. The molecule has 0 aliphatic heterocycles. The number of imidazole rings is 1. The molecule has 0 aliphatic carbocycles. The summed E-state index contributed by atoms with van der Waals surface area (Å²) >= 11 is 0. The van der Waals surface area contributed by atoms with E-state index in [1.54, 1.807) is 18.6 Å². The van der Waals surface area contributed by atoms with Crippen molar-refractivity contribution >= 4 is 0 Å². The number of rotatable bonds is 1. The highest BCUT2D eigenvalue weighted by molar-refractivity contribution is 5.49. The third-order valence-electron chi connectivity index (χ3n) is 1.66. The molecule has 2 heterocycles. The van der Waals surface area contributed by atoms with Gasteiger partial charge in [-0.05, 0) is 24.6 Å². The number of nitrogens with zero attached hydrogens (tertiary/aromatic N) is 2. The van der Waals surface area contributed by atoms with E-state index in [4.69, 9.17) is 0 Å². The summed E-state index contributed by atoms with van der Waals surface area (Å²) in [5.74, 6) is 0.818. The van der Waals surface area contributed by atoms with Crippen molar-refractivity contribution in [1.29, 1.82) is 0 Å². The summed E-state index contributed by atoms with van der Waals surface area (Å²) in [6.07, 6.45) is 5.30. The number of nitrogens with one attached hydrogen (secondary N) is 1. The molecule has 0 amide bonds. The first kappa shape index (κ1) is 10.4. The van der Waals surface area contributed by atoms with Crippen LogP contribution in [0.25, 0.3) is 11.5 Å². The molecule has 0 radical (unpaired) electrons. The fourth-order valence-electron chi connectivity index (χ4n) is 1.07. The number of aromatic amines is 1. The second kappa shape index (κ2) is 5.17. The smallest absolute Gasteiger partial charge is 0.155 e. The van der Waals surface area contributed by atoms with Crippen LogP contribution in [0.4, 0.5) is 0 Å². The first-order valence-corrected chi connectivity index (χ1v) is 4.78. The van der Waals surface area contributed by atoms with Crippen LogP contribution in [0.3, 0.4) is 0 Å². The van der Waals surface area contributed by atoms with Gasteiger partial charge in [0.15, 0.2) is 5.82 Å². The zero-order valence-corrected chi connectivity index (χ0v) is 8.78. The number of H-pyrrole nitrogens is 1. The van der Waals surface area contributed by atoms with E-state index in [1.807, 2.05) is 32.9 Å². The van der Waals surface area contributed by atoms with E-state index in [-0.39, 0.29) is 0 Å². The van der Waals surface area contributed by atoms with Crippen molar-refractivity contribution in [1.82, 2.24) is 15.0 Å². The van der Waals surface area contributed by atoms with Gasteiger partial charge in [0.2, 0.25) is 0 Å². The molecule has 74 valence electrons. The summed E-state index contributed by atoms with van der Waals surface area (Å²) in [4.78, 5) is 11.3. The van der Waals surface area contributed by atoms with Crippen molar-refractivity contribution in [3.8, 4) is 11.5 Å². The van der Waals surface area contributed by atoms with Crippen LogP contribution < -0.4 is 0 Å². The Balaban J connectivity index is 0.000000461. The molecule has 3 nitrogen and oxygen atoms in total. The molecule has 0 unspecified atom stereocenters. The third kappa shape index (κ3) is 2.42. The van der Waals surface area contributed by atoms with Crippen LogP contribution in [0.15, 0.2) is 30.7 Å². The Morgan fingerprint density at radius 2 is 1.93 bits per heavy atom. The van der Waals surface area contributed by atoms with Crippen molar-refractivity contribution < 1.29 is 0 Å². The highest BCUT2D eigenvalue weighted by Gasteiger charge is 1.99. The molecule has 14 heavy (non-hydrogen) atoms. The average molecular weight is 189 g/mol. The van der Waals surface area contributed by atoms with Crippen LogP contribution in [0, 0.1) is 6.92 Å². The maximum absolute atomic E-state index is 4.19. The van der Waals surface area contributed by atoms with E-state index >= 15 is 0 Å². The fourth-order valence-corrected chi connectivity index (χ4v) is 1.07. The second-order valence-electron chi connectivity index (χ2n) is 2.66. The summed E-state index contributed by atoms with van der Waals surface area (Å²) in [6, 6.07) is 3.96. The molecule has 0 fully saturated rings. The van der Waals surface area contributed by atoms with E-state index in [1.165, 1.54) is 5.56 Å². The molecular weight excluding hydrogens is 174 g/mol. The number of aryl methyl sites for hydroxylation is 1. The van der Waals surface area contributed by atoms with Gasteiger partial charge in [0.1, 0.15) is 5.69 Å². The minimum Gasteiger partial charge on any atom is -0.343 e. The first-order valence-electron chi connectivity index (χ1n) is 4.78. The van der Waals surface area contributed by atoms with Gasteiger partial charge < -0.3 is 4.98 Å². The monoisotopic (exact) mass is 189 g/mol. The Morgan fingerprint density at radius 3 is 2.50 bits per heavy atom. The Bertz CT molecular complexity index is 366. The van der Waals surface area contributed by atoms with Gasteiger partial charge in [0.25, 0.3) is 0 Å². The molecule has 0 saturated heterocycles. The lowest BCUT2D eigenvalue weighted by Gasteiger charge is -1.95. The zero-order valence-electron chi connectivity index (χ0n) is 8.78. The minimum atomic E-state index is 0.818. The van der Waals surface area contributed by atoms with Crippen LogP contribution >= 0.6 is 0 Å². The predicted molar refractivity (Wildman–Crippen MR) is 57.9 cm³/mol. The molecule has 1 N–H and O–H groups in total. The summed E-state index contributed by atoms with van der Waals surface area (Å²) in [7, 11) is 0. The van der Waals surface area contributed by atoms with Gasteiger partial charge in [0.05, 0.1) is 0 Å². The SMILES string of the molecule is CC.Cc1ccnc(-c2ncc[nH]2)c1. The number of hydrogen-bond acceptors (Lipinski definition) is 2. The van der Waals surface area contributed by atoms with E-state index in [9.17, 15) is 0 Å². The molecule has 0 spiro atoms. The third-order valence-corrected chi connectivity index (χ3v) is 1.66. The molecule has 0 atom stereocenters. The maximum atomic E-state index is 4.19. The highest BCUT2D eigenvalue weighted by Crippen LogP contribution is 2.11. The molecule has 2 aromatic rings. The fraction of sp³-hybridized carbons (Fsp3) is 0.273. The van der Waals surface area contributed by atoms with Gasteiger partial charge in [0, 0.05) is 18.6 Å². The highest BCUT2D eigenvalue weighted by atomic mass is 14.9. The van der Waals surface area contributed by atoms with Crippen molar-refractivity contribution in [2.24, 2.45) is 0 Å². The molecule has 0 saturated carbocycles. The predicted octanol–water partition coefficient (Wildman–Crippen LogP) is 2.81.